The minimum Gasteiger partial charge on any atom is -0.382 e. The van der Waals surface area contributed by atoms with Gasteiger partial charge in [-0.2, -0.15) is 22.1 Å². The summed E-state index contributed by atoms with van der Waals surface area (Å²) in [5.74, 6) is -0.699. The summed E-state index contributed by atoms with van der Waals surface area (Å²) in [5.41, 5.74) is 8.98. The van der Waals surface area contributed by atoms with Gasteiger partial charge in [-0.1, -0.05) is 0 Å². The molecule has 5 rings (SSSR count). The molecule has 2 fully saturated rings. The molecule has 12 nitrogen and oxygen atoms in total. The third kappa shape index (κ3) is 5.60. The van der Waals surface area contributed by atoms with E-state index in [-0.39, 0.29) is 11.9 Å². The summed E-state index contributed by atoms with van der Waals surface area (Å²) in [6.45, 7) is 9.22. The number of hydrogen-bond donors (Lipinski definition) is 3. The van der Waals surface area contributed by atoms with Gasteiger partial charge in [0.15, 0.2) is 0 Å². The molecule has 0 spiro atoms. The fourth-order valence-corrected chi connectivity index (χ4v) is 7.62. The van der Waals surface area contributed by atoms with Crippen LogP contribution in [0.3, 0.4) is 0 Å². The van der Waals surface area contributed by atoms with Crippen molar-refractivity contribution < 1.29 is 18.0 Å². The average molecular weight is 573 g/mol. The second-order valence-corrected chi connectivity index (χ2v) is 13.7. The molecule has 0 saturated carbocycles. The molecule has 0 bridgehead atoms. The summed E-state index contributed by atoms with van der Waals surface area (Å²) in [6, 6.07) is 5.26. The Morgan fingerprint density at radius 2 is 1.80 bits per heavy atom. The van der Waals surface area contributed by atoms with Gasteiger partial charge in [-0.25, -0.2) is 4.68 Å². The number of carbonyl (C=O) groups excluding carboxylic acids is 2. The summed E-state index contributed by atoms with van der Waals surface area (Å²) in [5, 5.41) is 11.2. The van der Waals surface area contributed by atoms with Crippen LogP contribution in [0, 0.1) is 6.92 Å². The number of anilines is 1. The van der Waals surface area contributed by atoms with E-state index in [1.165, 1.54) is 0 Å². The van der Waals surface area contributed by atoms with Gasteiger partial charge in [0.1, 0.15) is 0 Å². The molecule has 0 radical (unpaired) electrons. The Balaban J connectivity index is 1.34. The van der Waals surface area contributed by atoms with Crippen LogP contribution in [0.4, 0.5) is 5.69 Å². The lowest BCUT2D eigenvalue weighted by atomic mass is 9.90. The van der Waals surface area contributed by atoms with Crippen LogP contribution in [0.15, 0.2) is 18.2 Å². The summed E-state index contributed by atoms with van der Waals surface area (Å²) in [6.07, 6.45) is 2.62. The zero-order valence-electron chi connectivity index (χ0n) is 23.7. The lowest BCUT2D eigenvalue weighted by Gasteiger charge is -2.35. The van der Waals surface area contributed by atoms with Crippen LogP contribution < -0.4 is 16.4 Å². The number of nitrogens with zero attached hydrogens (tertiary/aromatic N) is 5. The van der Waals surface area contributed by atoms with Gasteiger partial charge in [0.2, 0.25) is 0 Å². The number of hydrogen-bond acceptors (Lipinski definition) is 7. The number of likely N-dealkylation sites (N-methyl/N-ethyl adjacent to an activating group) is 1. The molecule has 4 heterocycles. The maximum Gasteiger partial charge on any atom is 0.282 e. The smallest absolute Gasteiger partial charge is 0.282 e. The van der Waals surface area contributed by atoms with Crippen molar-refractivity contribution in [1.82, 2.24) is 28.6 Å². The summed E-state index contributed by atoms with van der Waals surface area (Å²) < 4.78 is 31.6. The first kappa shape index (κ1) is 28.5. The van der Waals surface area contributed by atoms with Crippen LogP contribution in [-0.2, 0) is 16.6 Å². The highest BCUT2D eigenvalue weighted by molar-refractivity contribution is 7.86. The van der Waals surface area contributed by atoms with E-state index >= 15 is 0 Å². The van der Waals surface area contributed by atoms with E-state index in [0.29, 0.717) is 73.6 Å². The van der Waals surface area contributed by atoms with Crippen LogP contribution in [0.2, 0.25) is 0 Å². The Morgan fingerprint density at radius 3 is 2.50 bits per heavy atom. The van der Waals surface area contributed by atoms with Gasteiger partial charge in [-0.15, -0.1) is 0 Å². The van der Waals surface area contributed by atoms with Gasteiger partial charge >= 0.3 is 0 Å². The van der Waals surface area contributed by atoms with Crippen molar-refractivity contribution in [2.45, 2.75) is 58.0 Å². The lowest BCUT2D eigenvalue weighted by Crippen LogP contribution is -2.49. The number of benzene rings is 1. The molecule has 0 unspecified atom stereocenters. The van der Waals surface area contributed by atoms with Crippen LogP contribution in [0.5, 0.6) is 0 Å². The number of aryl methyl sites for hydroxylation is 1. The Labute approximate surface area is 236 Å². The number of carbonyl (C=O) groups is 2. The quantitative estimate of drug-likeness (QED) is 0.470. The molecule has 13 heteroatoms. The number of aromatic nitrogens is 2. The highest BCUT2D eigenvalue weighted by atomic mass is 32.2. The number of nitrogens with one attached hydrogen (secondary N) is 2. The molecule has 1 aromatic carbocycles. The van der Waals surface area contributed by atoms with E-state index in [4.69, 9.17) is 5.73 Å². The molecule has 3 aliphatic rings. The van der Waals surface area contributed by atoms with Crippen molar-refractivity contribution in [2.75, 3.05) is 51.6 Å². The maximum atomic E-state index is 13.3. The van der Waals surface area contributed by atoms with Crippen LogP contribution in [0.1, 0.15) is 65.2 Å². The first-order valence-electron chi connectivity index (χ1n) is 13.9. The number of amides is 2. The van der Waals surface area contributed by atoms with E-state index in [9.17, 15) is 18.0 Å². The van der Waals surface area contributed by atoms with E-state index in [2.05, 4.69) is 20.6 Å². The molecule has 0 aliphatic carbocycles. The normalized spacial score (nSPS) is 21.4. The van der Waals surface area contributed by atoms with Crippen molar-refractivity contribution in [2.24, 2.45) is 5.73 Å². The minimum atomic E-state index is -3.52. The lowest BCUT2D eigenvalue weighted by molar-refractivity contribution is 0.0894. The second-order valence-electron chi connectivity index (χ2n) is 11.8. The van der Waals surface area contributed by atoms with Crippen LogP contribution in [-0.4, -0.2) is 101 Å². The first-order chi connectivity index (χ1) is 18.9. The Morgan fingerprint density at radius 1 is 1.10 bits per heavy atom. The predicted molar refractivity (Wildman–Crippen MR) is 153 cm³/mol. The number of piperidine rings is 1. The topological polar surface area (TPSA) is 146 Å². The summed E-state index contributed by atoms with van der Waals surface area (Å²) in [7, 11) is -1.50. The molecular weight excluding hydrogens is 532 g/mol. The Hall–Kier alpha value is -3.00. The number of primary amides is 1. The van der Waals surface area contributed by atoms with Gasteiger partial charge in [-0.3, -0.25) is 9.59 Å². The largest absolute Gasteiger partial charge is 0.382 e. The zero-order chi connectivity index (χ0) is 28.8. The van der Waals surface area contributed by atoms with Crippen molar-refractivity contribution >= 4 is 27.7 Å². The number of rotatable bonds is 6. The van der Waals surface area contributed by atoms with Crippen LogP contribution in [0.25, 0.3) is 5.69 Å². The fraction of sp³-hybridized carbons (Fsp3) is 0.593. The molecule has 2 saturated heterocycles. The van der Waals surface area contributed by atoms with Crippen LogP contribution >= 0.6 is 0 Å². The minimum absolute atomic E-state index is 0.0342. The Bertz CT molecular complexity index is 1410. The molecule has 1 aromatic heterocycles. The first-order valence-corrected chi connectivity index (χ1v) is 15.3. The van der Waals surface area contributed by atoms with Gasteiger partial charge in [0, 0.05) is 56.4 Å². The van der Waals surface area contributed by atoms with E-state index in [1.807, 2.05) is 33.9 Å². The molecule has 0 atom stereocenters. The standard InChI is InChI=1S/C27H40N8O4S/c1-18-24-23(17-27(2,3)30-26(24)37)35(31-18)20-6-7-21(25(28)36)22(16-20)29-19-8-12-34(13-9-19)40(38,39)33-11-5-10-32(4)14-15-33/h6-7,16,19,29H,5,8-15,17H2,1-4H3,(H2,28,36)(H,30,37). The third-order valence-electron chi connectivity index (χ3n) is 8.10. The van der Waals surface area contributed by atoms with Gasteiger partial charge < -0.3 is 21.3 Å². The number of nitrogens with two attached hydrogens (primary N) is 1. The Kier molecular flexibility index (Phi) is 7.68. The molecule has 2 aromatic rings. The van der Waals surface area contributed by atoms with E-state index in [0.717, 1.165) is 25.2 Å². The molecule has 3 aliphatic heterocycles. The molecule has 218 valence electrons. The van der Waals surface area contributed by atoms with Crippen molar-refractivity contribution in [3.63, 3.8) is 0 Å². The molecule has 2 amide bonds. The van der Waals surface area contributed by atoms with Crippen molar-refractivity contribution in [3.05, 3.63) is 40.7 Å². The number of fused-ring (bicyclic) bond motifs is 1. The summed E-state index contributed by atoms with van der Waals surface area (Å²) >= 11 is 0. The SMILES string of the molecule is Cc1nn(-c2ccc(C(N)=O)c(NC3CCN(S(=O)(=O)N4CCCN(C)CC4)CC3)c2)c2c1C(=O)NC(C)(C)C2. The van der Waals surface area contributed by atoms with E-state index < -0.39 is 21.7 Å². The third-order valence-corrected chi connectivity index (χ3v) is 10.1. The molecule has 4 N–H and O–H groups in total. The zero-order valence-corrected chi connectivity index (χ0v) is 24.6. The van der Waals surface area contributed by atoms with Gasteiger partial charge in [0.25, 0.3) is 22.0 Å². The monoisotopic (exact) mass is 572 g/mol. The highest BCUT2D eigenvalue weighted by Gasteiger charge is 2.36. The van der Waals surface area contributed by atoms with E-state index in [1.54, 1.807) is 25.4 Å². The molecule has 40 heavy (non-hydrogen) atoms. The highest BCUT2D eigenvalue weighted by Crippen LogP contribution is 2.30. The fourth-order valence-electron chi connectivity index (χ4n) is 5.95. The summed E-state index contributed by atoms with van der Waals surface area (Å²) in [4.78, 5) is 27.2. The van der Waals surface area contributed by atoms with Crippen molar-refractivity contribution in [1.29, 1.82) is 0 Å². The van der Waals surface area contributed by atoms with Gasteiger partial charge in [0.05, 0.1) is 28.2 Å². The molecular formula is C27H40N8O4S. The second kappa shape index (κ2) is 10.8. The maximum absolute atomic E-state index is 13.3. The van der Waals surface area contributed by atoms with Gasteiger partial charge in [-0.05, 0) is 71.8 Å². The average Bonchev–Trinajstić information content (AvgIpc) is 3.04. The van der Waals surface area contributed by atoms with Crippen molar-refractivity contribution in [3.8, 4) is 5.69 Å². The predicted octanol–water partition coefficient (Wildman–Crippen LogP) is 1.10.